The van der Waals surface area contributed by atoms with E-state index in [1.807, 2.05) is 0 Å². The molecule has 1 heterocycles. The molecule has 0 aliphatic carbocycles. The summed E-state index contributed by atoms with van der Waals surface area (Å²) < 4.78 is 40.6. The summed E-state index contributed by atoms with van der Waals surface area (Å²) in [7, 11) is 0. The predicted octanol–water partition coefficient (Wildman–Crippen LogP) is 0.595. The first-order valence-electron chi connectivity index (χ1n) is 4.90. The average Bonchev–Trinajstić information content (AvgIpc) is 2.42. The maximum atomic E-state index is 11.8. The van der Waals surface area contributed by atoms with E-state index in [1.165, 1.54) is 0 Å². The zero-order valence-electron chi connectivity index (χ0n) is 8.80. The number of carbonyl (C=O) groups is 1. The highest BCUT2D eigenvalue weighted by atomic mass is 19.4. The average molecular weight is 241 g/mol. The molecule has 94 valence electrons. The molecule has 1 fully saturated rings. The molecule has 16 heavy (non-hydrogen) atoms. The van der Waals surface area contributed by atoms with E-state index in [4.69, 9.17) is 4.74 Å². The van der Waals surface area contributed by atoms with Crippen molar-refractivity contribution in [2.75, 3.05) is 13.2 Å². The van der Waals surface area contributed by atoms with Gasteiger partial charge < -0.3 is 15.2 Å². The maximum Gasteiger partial charge on any atom is 0.397 e. The third-order valence-corrected chi connectivity index (χ3v) is 2.61. The fourth-order valence-electron chi connectivity index (χ4n) is 1.50. The number of hydrogen-bond acceptors (Lipinski definition) is 3. The Balaban J connectivity index is 2.37. The van der Waals surface area contributed by atoms with Gasteiger partial charge in [0.2, 0.25) is 5.91 Å². The van der Waals surface area contributed by atoms with Crippen molar-refractivity contribution in [2.24, 2.45) is 0 Å². The summed E-state index contributed by atoms with van der Waals surface area (Å²) >= 11 is 0. The van der Waals surface area contributed by atoms with Gasteiger partial charge in [-0.15, -0.1) is 0 Å². The van der Waals surface area contributed by atoms with Crippen LogP contribution in [0.5, 0.6) is 0 Å². The first-order chi connectivity index (χ1) is 7.23. The van der Waals surface area contributed by atoms with Crippen LogP contribution in [0.25, 0.3) is 0 Å². The second kappa shape index (κ2) is 4.58. The molecule has 0 spiro atoms. The Kier molecular flexibility index (Phi) is 3.80. The first-order valence-corrected chi connectivity index (χ1v) is 4.90. The number of halogens is 3. The number of nitrogens with one attached hydrogen (secondary N) is 1. The largest absolute Gasteiger partial charge is 0.397 e. The number of ether oxygens (including phenoxy) is 1. The molecular weight excluding hydrogens is 227 g/mol. The zero-order chi connectivity index (χ0) is 12.4. The van der Waals surface area contributed by atoms with E-state index in [0.29, 0.717) is 13.0 Å². The second-order valence-electron chi connectivity index (χ2n) is 3.94. The summed E-state index contributed by atoms with van der Waals surface area (Å²) in [5, 5.41) is 11.9. The second-order valence-corrected chi connectivity index (χ2v) is 3.94. The Labute approximate surface area is 90.8 Å². The van der Waals surface area contributed by atoms with Gasteiger partial charge in [-0.1, -0.05) is 0 Å². The van der Waals surface area contributed by atoms with Crippen LogP contribution in [-0.4, -0.2) is 42.0 Å². The molecule has 0 aromatic rings. The molecule has 2 N–H and O–H groups in total. The Morgan fingerprint density at radius 1 is 1.62 bits per heavy atom. The van der Waals surface area contributed by atoms with Gasteiger partial charge in [0.25, 0.3) is 0 Å². The normalized spacial score (nSPS) is 30.4. The lowest BCUT2D eigenvalue weighted by molar-refractivity contribution is -0.154. The molecule has 0 radical (unpaired) electrons. The zero-order valence-corrected chi connectivity index (χ0v) is 8.80. The van der Waals surface area contributed by atoms with E-state index in [-0.39, 0.29) is 6.54 Å². The van der Waals surface area contributed by atoms with Gasteiger partial charge in [0.05, 0.1) is 6.10 Å². The number of amides is 1. The van der Waals surface area contributed by atoms with Gasteiger partial charge in [-0.3, -0.25) is 4.79 Å². The highest BCUT2D eigenvalue weighted by Gasteiger charge is 2.40. The van der Waals surface area contributed by atoms with Crippen molar-refractivity contribution in [3.63, 3.8) is 0 Å². The van der Waals surface area contributed by atoms with Crippen molar-refractivity contribution < 1.29 is 27.8 Å². The summed E-state index contributed by atoms with van der Waals surface area (Å²) in [4.78, 5) is 10.9. The van der Waals surface area contributed by atoms with Crippen molar-refractivity contribution in [3.05, 3.63) is 0 Å². The Bertz CT molecular complexity index is 269. The predicted molar refractivity (Wildman–Crippen MR) is 48.7 cm³/mol. The van der Waals surface area contributed by atoms with Gasteiger partial charge in [-0.2, -0.15) is 13.2 Å². The number of hydrogen-bond donors (Lipinski definition) is 2. The molecule has 1 aliphatic heterocycles. The third kappa shape index (κ3) is 3.64. The molecule has 1 rings (SSSR count). The minimum absolute atomic E-state index is 0.219. The van der Waals surface area contributed by atoms with Crippen molar-refractivity contribution >= 4 is 5.91 Å². The summed E-state index contributed by atoms with van der Waals surface area (Å²) in [5.41, 5.74) is -1.26. The van der Waals surface area contributed by atoms with Crippen LogP contribution in [0.2, 0.25) is 0 Å². The summed E-state index contributed by atoms with van der Waals surface area (Å²) in [5.74, 6) is -1.14. The van der Waals surface area contributed by atoms with Crippen molar-refractivity contribution in [2.45, 2.75) is 37.6 Å². The van der Waals surface area contributed by atoms with Gasteiger partial charge in [0.15, 0.2) is 0 Å². The number of aliphatic hydroxyl groups is 1. The number of carbonyl (C=O) groups excluding carboxylic acids is 1. The van der Waals surface area contributed by atoms with E-state index < -0.39 is 30.2 Å². The summed E-state index contributed by atoms with van der Waals surface area (Å²) in [6, 6.07) is 0. The smallest absolute Gasteiger partial charge is 0.385 e. The molecule has 1 amide bonds. The van der Waals surface area contributed by atoms with Crippen LogP contribution in [0.15, 0.2) is 0 Å². The van der Waals surface area contributed by atoms with Crippen LogP contribution in [0.3, 0.4) is 0 Å². The lowest BCUT2D eigenvalue weighted by Crippen LogP contribution is -2.48. The molecule has 1 aliphatic rings. The molecule has 0 bridgehead atoms. The van der Waals surface area contributed by atoms with Gasteiger partial charge in [0, 0.05) is 19.6 Å². The van der Waals surface area contributed by atoms with E-state index in [1.54, 1.807) is 6.92 Å². The highest BCUT2D eigenvalue weighted by Crippen LogP contribution is 2.25. The molecule has 0 aromatic heterocycles. The number of alkyl halides is 3. The van der Waals surface area contributed by atoms with Crippen LogP contribution < -0.4 is 5.32 Å². The fourth-order valence-corrected chi connectivity index (χ4v) is 1.50. The Hall–Kier alpha value is -0.820. The molecule has 1 saturated heterocycles. The van der Waals surface area contributed by atoms with Crippen molar-refractivity contribution in [1.29, 1.82) is 0 Å². The van der Waals surface area contributed by atoms with Crippen LogP contribution >= 0.6 is 0 Å². The van der Waals surface area contributed by atoms with Gasteiger partial charge in [-0.25, -0.2) is 0 Å². The van der Waals surface area contributed by atoms with Gasteiger partial charge >= 0.3 is 6.18 Å². The monoisotopic (exact) mass is 241 g/mol. The SMILES string of the molecule is CC1OCCC1(O)CNC(=O)CC(F)(F)F. The van der Waals surface area contributed by atoms with E-state index in [2.05, 4.69) is 5.32 Å². The molecule has 0 aromatic carbocycles. The van der Waals surface area contributed by atoms with Crippen LogP contribution in [-0.2, 0) is 9.53 Å². The van der Waals surface area contributed by atoms with Crippen LogP contribution in [0, 0.1) is 0 Å². The van der Waals surface area contributed by atoms with E-state index in [0.717, 1.165) is 0 Å². The summed E-state index contributed by atoms with van der Waals surface area (Å²) in [6.07, 6.45) is -6.23. The Morgan fingerprint density at radius 3 is 2.69 bits per heavy atom. The van der Waals surface area contributed by atoms with E-state index in [9.17, 15) is 23.1 Å². The number of rotatable bonds is 3. The highest BCUT2D eigenvalue weighted by molar-refractivity contribution is 5.76. The fraction of sp³-hybridized carbons (Fsp3) is 0.889. The lowest BCUT2D eigenvalue weighted by atomic mass is 9.97. The maximum absolute atomic E-state index is 11.8. The van der Waals surface area contributed by atoms with Crippen LogP contribution in [0.4, 0.5) is 13.2 Å². The van der Waals surface area contributed by atoms with Gasteiger partial charge in [-0.05, 0) is 6.92 Å². The minimum atomic E-state index is -4.52. The van der Waals surface area contributed by atoms with Crippen molar-refractivity contribution in [3.8, 4) is 0 Å². The molecule has 0 saturated carbocycles. The molecule has 2 unspecified atom stereocenters. The quantitative estimate of drug-likeness (QED) is 0.760. The Morgan fingerprint density at radius 2 is 2.25 bits per heavy atom. The molecular formula is C9H14F3NO3. The standard InChI is InChI=1S/C9H14F3NO3/c1-6-8(15,2-3-16-6)5-13-7(14)4-9(10,11)12/h6,15H,2-5H2,1H3,(H,13,14). The summed E-state index contributed by atoms with van der Waals surface area (Å²) in [6.45, 7) is 1.73. The topological polar surface area (TPSA) is 58.6 Å². The van der Waals surface area contributed by atoms with Crippen molar-refractivity contribution in [1.82, 2.24) is 5.32 Å². The van der Waals surface area contributed by atoms with Crippen LogP contribution in [0.1, 0.15) is 19.8 Å². The molecule has 2 atom stereocenters. The first kappa shape index (κ1) is 13.2. The third-order valence-electron chi connectivity index (χ3n) is 2.61. The minimum Gasteiger partial charge on any atom is -0.385 e. The molecule has 7 heteroatoms. The molecule has 4 nitrogen and oxygen atoms in total. The van der Waals surface area contributed by atoms with E-state index >= 15 is 0 Å². The lowest BCUT2D eigenvalue weighted by Gasteiger charge is -2.26. The van der Waals surface area contributed by atoms with Gasteiger partial charge in [0.1, 0.15) is 12.0 Å².